The minimum absolute atomic E-state index is 0.0579. The Bertz CT molecular complexity index is 1100. The second-order valence-corrected chi connectivity index (χ2v) is 8.92. The lowest BCUT2D eigenvalue weighted by atomic mass is 9.94. The van der Waals surface area contributed by atoms with Gasteiger partial charge in [0.1, 0.15) is 5.02 Å². The van der Waals surface area contributed by atoms with E-state index in [2.05, 4.69) is 20.6 Å². The van der Waals surface area contributed by atoms with Crippen LogP contribution in [0.5, 0.6) is 0 Å². The van der Waals surface area contributed by atoms with Crippen LogP contribution in [0.4, 0.5) is 19.4 Å². The number of anilines is 1. The van der Waals surface area contributed by atoms with Crippen LogP contribution >= 0.6 is 11.6 Å². The summed E-state index contributed by atoms with van der Waals surface area (Å²) in [5.74, 6) is -1.60. The molecule has 0 bridgehead atoms. The van der Waals surface area contributed by atoms with Gasteiger partial charge in [0.15, 0.2) is 17.5 Å². The summed E-state index contributed by atoms with van der Waals surface area (Å²) in [6, 6.07) is 3.06. The predicted octanol–water partition coefficient (Wildman–Crippen LogP) is 4.42. The van der Waals surface area contributed by atoms with Crippen molar-refractivity contribution in [3.05, 3.63) is 70.4 Å². The second-order valence-electron chi connectivity index (χ2n) is 8.55. The summed E-state index contributed by atoms with van der Waals surface area (Å²) in [5, 5.41) is 10.7. The Morgan fingerprint density at radius 1 is 1.26 bits per heavy atom. The van der Waals surface area contributed by atoms with Crippen molar-refractivity contribution in [3.8, 4) is 0 Å². The van der Waals surface area contributed by atoms with Gasteiger partial charge >= 0.3 is 6.03 Å². The summed E-state index contributed by atoms with van der Waals surface area (Å²) in [6.07, 6.45) is 8.65. The maximum absolute atomic E-state index is 13.9. The highest BCUT2D eigenvalue weighted by Gasteiger charge is 2.35. The smallest absolute Gasteiger partial charge is 0.320 e. The van der Waals surface area contributed by atoms with Crippen molar-refractivity contribution in [1.29, 1.82) is 0 Å². The van der Waals surface area contributed by atoms with Crippen LogP contribution in [0.1, 0.15) is 29.6 Å². The number of benzene rings is 1. The van der Waals surface area contributed by atoms with Crippen LogP contribution in [0.3, 0.4) is 0 Å². The summed E-state index contributed by atoms with van der Waals surface area (Å²) in [6.45, 7) is 4.10. The van der Waals surface area contributed by atoms with E-state index in [9.17, 15) is 13.6 Å². The van der Waals surface area contributed by atoms with E-state index < -0.39 is 17.7 Å². The van der Waals surface area contributed by atoms with Crippen LogP contribution in [0.15, 0.2) is 42.5 Å². The zero-order chi connectivity index (χ0) is 24.2. The van der Waals surface area contributed by atoms with Crippen molar-refractivity contribution >= 4 is 23.4 Å². The Morgan fingerprint density at radius 3 is 2.79 bits per heavy atom. The number of hydrogen-bond acceptors (Lipinski definition) is 4. The summed E-state index contributed by atoms with van der Waals surface area (Å²) < 4.78 is 34.3. The largest absolute Gasteiger partial charge is 0.383 e. The van der Waals surface area contributed by atoms with Gasteiger partial charge in [-0.1, -0.05) is 42.0 Å². The van der Waals surface area contributed by atoms with Crippen LogP contribution in [-0.4, -0.2) is 60.1 Å². The zero-order valence-electron chi connectivity index (χ0n) is 19.1. The summed E-state index contributed by atoms with van der Waals surface area (Å²) >= 11 is 6.46. The third kappa shape index (κ3) is 5.32. The van der Waals surface area contributed by atoms with Crippen molar-refractivity contribution in [2.24, 2.45) is 0 Å². The number of nitrogens with one attached hydrogen (secondary N) is 2. The third-order valence-electron chi connectivity index (χ3n) is 6.21. The number of nitrogens with zero attached hydrogens (tertiary/aromatic N) is 3. The molecule has 1 aromatic carbocycles. The third-order valence-corrected chi connectivity index (χ3v) is 6.66. The van der Waals surface area contributed by atoms with E-state index >= 15 is 0 Å². The van der Waals surface area contributed by atoms with E-state index in [1.165, 1.54) is 6.07 Å². The molecule has 182 valence electrons. The minimum atomic E-state index is -0.906. The lowest BCUT2D eigenvalue weighted by Gasteiger charge is -2.22. The first-order valence-electron chi connectivity index (χ1n) is 11.2. The SMILES string of the molecule is COCCN1C[C@@H](NC(=O)Nc2c(Cl)c(C)nn2C2C=CC=CC2)[C@H](c2ccc(F)c(F)c2)C1. The lowest BCUT2D eigenvalue weighted by molar-refractivity contribution is 0.159. The molecular weight excluding hydrogens is 464 g/mol. The monoisotopic (exact) mass is 491 g/mol. The van der Waals surface area contributed by atoms with Gasteiger partial charge in [0.05, 0.1) is 24.4 Å². The Balaban J connectivity index is 1.52. The van der Waals surface area contributed by atoms with Gasteiger partial charge in [-0.3, -0.25) is 10.2 Å². The highest BCUT2D eigenvalue weighted by molar-refractivity contribution is 6.34. The van der Waals surface area contributed by atoms with Gasteiger partial charge in [-0.05, 0) is 31.0 Å². The molecule has 1 aromatic heterocycles. The Hall–Kier alpha value is -2.75. The number of halogens is 3. The van der Waals surface area contributed by atoms with Crippen molar-refractivity contribution < 1.29 is 18.3 Å². The van der Waals surface area contributed by atoms with Crippen LogP contribution in [0.25, 0.3) is 0 Å². The number of allylic oxidation sites excluding steroid dienone is 4. The van der Waals surface area contributed by atoms with Gasteiger partial charge in [-0.15, -0.1) is 0 Å². The molecular formula is C24H28ClF2N5O2. The number of carbonyl (C=O) groups excluding carboxylic acids is 1. The first kappa shape index (κ1) is 24.4. The van der Waals surface area contributed by atoms with E-state index in [4.69, 9.17) is 16.3 Å². The van der Waals surface area contributed by atoms with Gasteiger partial charge in [0, 0.05) is 32.7 Å². The standard InChI is InChI=1S/C24H28ClF2N5O2/c1-15-22(25)23(32(30-15)17-6-4-3-5-7-17)29-24(33)28-21-14-31(10-11-34-2)13-18(21)16-8-9-19(26)20(27)12-16/h3-6,8-9,12,17-18,21H,7,10-11,13-14H2,1-2H3,(H2,28,29,33)/t17?,18-,21+/m0/s1. The van der Waals surface area contributed by atoms with E-state index in [0.29, 0.717) is 48.3 Å². The normalized spacial score (nSPS) is 22.3. The predicted molar refractivity (Wildman–Crippen MR) is 127 cm³/mol. The van der Waals surface area contributed by atoms with Gasteiger partial charge < -0.3 is 10.1 Å². The number of amides is 2. The molecule has 2 aromatic rings. The number of urea groups is 1. The first-order chi connectivity index (χ1) is 16.4. The lowest BCUT2D eigenvalue weighted by Crippen LogP contribution is -2.42. The summed E-state index contributed by atoms with van der Waals surface area (Å²) in [4.78, 5) is 15.2. The molecule has 1 saturated heterocycles. The fraction of sp³-hybridized carbons (Fsp3) is 0.417. The average Bonchev–Trinajstić information content (AvgIpc) is 3.35. The minimum Gasteiger partial charge on any atom is -0.383 e. The van der Waals surface area contributed by atoms with Crippen molar-refractivity contribution in [1.82, 2.24) is 20.0 Å². The molecule has 10 heteroatoms. The van der Waals surface area contributed by atoms with Gasteiger partial charge in [-0.2, -0.15) is 5.10 Å². The van der Waals surface area contributed by atoms with Gasteiger partial charge in [0.25, 0.3) is 0 Å². The fourth-order valence-electron chi connectivity index (χ4n) is 4.46. The molecule has 2 aliphatic rings. The zero-order valence-corrected chi connectivity index (χ0v) is 19.9. The van der Waals surface area contributed by atoms with Gasteiger partial charge in [0.2, 0.25) is 0 Å². The Kier molecular flexibility index (Phi) is 7.65. The average molecular weight is 492 g/mol. The topological polar surface area (TPSA) is 71.4 Å². The molecule has 7 nitrogen and oxygen atoms in total. The van der Waals surface area contributed by atoms with E-state index in [1.807, 2.05) is 24.3 Å². The number of aryl methyl sites for hydroxylation is 1. The molecule has 4 rings (SSSR count). The molecule has 2 heterocycles. The Labute approximate surface area is 202 Å². The van der Waals surface area contributed by atoms with Crippen LogP contribution in [-0.2, 0) is 4.74 Å². The highest BCUT2D eigenvalue weighted by atomic mass is 35.5. The number of hydrogen-bond donors (Lipinski definition) is 2. The summed E-state index contributed by atoms with van der Waals surface area (Å²) in [5.41, 5.74) is 1.24. The van der Waals surface area contributed by atoms with Crippen LogP contribution in [0.2, 0.25) is 5.02 Å². The number of methoxy groups -OCH3 is 1. The molecule has 1 fully saturated rings. The summed E-state index contributed by atoms with van der Waals surface area (Å²) in [7, 11) is 1.62. The Morgan fingerprint density at radius 2 is 2.09 bits per heavy atom. The van der Waals surface area contributed by atoms with E-state index in [-0.39, 0.29) is 18.0 Å². The molecule has 2 amide bonds. The van der Waals surface area contributed by atoms with E-state index in [1.54, 1.807) is 24.8 Å². The highest BCUT2D eigenvalue weighted by Crippen LogP contribution is 2.32. The molecule has 0 spiro atoms. The molecule has 1 aliphatic heterocycles. The van der Waals surface area contributed by atoms with Crippen LogP contribution < -0.4 is 10.6 Å². The number of likely N-dealkylation sites (tertiary alicyclic amines) is 1. The van der Waals surface area contributed by atoms with E-state index in [0.717, 1.165) is 12.5 Å². The number of rotatable bonds is 7. The van der Waals surface area contributed by atoms with Crippen LogP contribution in [0, 0.1) is 18.6 Å². The van der Waals surface area contributed by atoms with Crippen molar-refractivity contribution in [3.63, 3.8) is 0 Å². The molecule has 0 radical (unpaired) electrons. The first-order valence-corrected chi connectivity index (χ1v) is 11.6. The van der Waals surface area contributed by atoms with Gasteiger partial charge in [-0.25, -0.2) is 18.3 Å². The fourth-order valence-corrected chi connectivity index (χ4v) is 4.63. The number of aromatic nitrogens is 2. The maximum Gasteiger partial charge on any atom is 0.320 e. The number of carbonyl (C=O) groups is 1. The molecule has 3 atom stereocenters. The maximum atomic E-state index is 13.9. The number of ether oxygens (including phenoxy) is 1. The molecule has 0 saturated carbocycles. The van der Waals surface area contributed by atoms with Crippen molar-refractivity contribution in [2.75, 3.05) is 38.7 Å². The quantitative estimate of drug-likeness (QED) is 0.601. The molecule has 1 aliphatic carbocycles. The second kappa shape index (κ2) is 10.7. The molecule has 34 heavy (non-hydrogen) atoms. The van der Waals surface area contributed by atoms with Crippen molar-refractivity contribution in [2.45, 2.75) is 31.3 Å². The molecule has 2 N–H and O–H groups in total. The molecule has 1 unspecified atom stereocenters.